The van der Waals surface area contributed by atoms with E-state index >= 15 is 0 Å². The van der Waals surface area contributed by atoms with Crippen LogP contribution in [0, 0.1) is 0 Å². The highest BCUT2D eigenvalue weighted by Crippen LogP contribution is 2.29. The van der Waals surface area contributed by atoms with Crippen LogP contribution in [0.1, 0.15) is 10.4 Å². The van der Waals surface area contributed by atoms with Crippen molar-refractivity contribution in [3.05, 3.63) is 77.3 Å². The first kappa shape index (κ1) is 18.6. The first-order valence-electron chi connectivity index (χ1n) is 8.25. The molecule has 0 aromatic heterocycles. The third-order valence-corrected chi connectivity index (χ3v) is 4.21. The molecule has 0 aliphatic heterocycles. The van der Waals surface area contributed by atoms with Gasteiger partial charge in [0.15, 0.2) is 0 Å². The molecule has 0 spiro atoms. The van der Waals surface area contributed by atoms with Crippen LogP contribution in [-0.2, 0) is 0 Å². The third-order valence-electron chi connectivity index (χ3n) is 3.92. The maximum Gasteiger partial charge on any atom is 0.255 e. The van der Waals surface area contributed by atoms with E-state index in [1.54, 1.807) is 50.6 Å². The SMILES string of the molecule is COc1cccc(C(=O)Nc2ccc(Nc3ccc(OC)c(Cl)c3)cc2)c1. The maximum atomic E-state index is 12.3. The molecule has 138 valence electrons. The lowest BCUT2D eigenvalue weighted by Crippen LogP contribution is -2.11. The second-order valence-electron chi connectivity index (χ2n) is 5.74. The minimum atomic E-state index is -0.198. The predicted molar refractivity (Wildman–Crippen MR) is 109 cm³/mol. The van der Waals surface area contributed by atoms with Gasteiger partial charge in [-0.2, -0.15) is 0 Å². The van der Waals surface area contributed by atoms with E-state index in [4.69, 9.17) is 21.1 Å². The topological polar surface area (TPSA) is 59.6 Å². The van der Waals surface area contributed by atoms with Crippen LogP contribution in [0.15, 0.2) is 66.7 Å². The number of carbonyl (C=O) groups is 1. The van der Waals surface area contributed by atoms with Gasteiger partial charge in [-0.1, -0.05) is 17.7 Å². The molecular weight excluding hydrogens is 364 g/mol. The van der Waals surface area contributed by atoms with Crippen LogP contribution in [0.25, 0.3) is 0 Å². The maximum absolute atomic E-state index is 12.3. The Hall–Kier alpha value is -3.18. The standard InChI is InChI=1S/C21H19ClN2O3/c1-26-18-5-3-4-14(12-18)21(25)24-16-8-6-15(7-9-16)23-17-10-11-20(27-2)19(22)13-17/h3-13,23H,1-2H3,(H,24,25). The number of halogens is 1. The Morgan fingerprint density at radius 2 is 1.56 bits per heavy atom. The fourth-order valence-electron chi connectivity index (χ4n) is 2.52. The van der Waals surface area contributed by atoms with Gasteiger partial charge in [0, 0.05) is 22.6 Å². The molecular formula is C21H19ClN2O3. The highest BCUT2D eigenvalue weighted by atomic mass is 35.5. The summed E-state index contributed by atoms with van der Waals surface area (Å²) in [6.07, 6.45) is 0. The molecule has 6 heteroatoms. The van der Waals surface area contributed by atoms with E-state index < -0.39 is 0 Å². The van der Waals surface area contributed by atoms with Crippen LogP contribution in [-0.4, -0.2) is 20.1 Å². The molecule has 0 fully saturated rings. The number of methoxy groups -OCH3 is 2. The van der Waals surface area contributed by atoms with Crippen molar-refractivity contribution in [2.45, 2.75) is 0 Å². The molecule has 27 heavy (non-hydrogen) atoms. The van der Waals surface area contributed by atoms with Crippen molar-refractivity contribution in [2.75, 3.05) is 24.9 Å². The van der Waals surface area contributed by atoms with Gasteiger partial charge >= 0.3 is 0 Å². The van der Waals surface area contributed by atoms with E-state index in [1.807, 2.05) is 30.3 Å². The number of hydrogen-bond donors (Lipinski definition) is 2. The molecule has 0 unspecified atom stereocenters. The molecule has 0 heterocycles. The predicted octanol–water partition coefficient (Wildman–Crippen LogP) is 5.35. The average Bonchev–Trinajstić information content (AvgIpc) is 2.69. The fraction of sp³-hybridized carbons (Fsp3) is 0.0952. The number of anilines is 3. The molecule has 0 radical (unpaired) electrons. The molecule has 0 saturated carbocycles. The Kier molecular flexibility index (Phi) is 5.84. The van der Waals surface area contributed by atoms with Gasteiger partial charge in [0.25, 0.3) is 5.91 Å². The summed E-state index contributed by atoms with van der Waals surface area (Å²) in [5, 5.41) is 6.65. The van der Waals surface area contributed by atoms with E-state index in [-0.39, 0.29) is 5.91 Å². The molecule has 3 aromatic rings. The van der Waals surface area contributed by atoms with Crippen LogP contribution in [0.2, 0.25) is 5.02 Å². The Morgan fingerprint density at radius 1 is 0.852 bits per heavy atom. The molecule has 3 rings (SSSR count). The smallest absolute Gasteiger partial charge is 0.255 e. The summed E-state index contributed by atoms with van der Waals surface area (Å²) < 4.78 is 10.3. The van der Waals surface area contributed by atoms with Gasteiger partial charge in [0.2, 0.25) is 0 Å². The highest BCUT2D eigenvalue weighted by molar-refractivity contribution is 6.32. The van der Waals surface area contributed by atoms with E-state index in [0.29, 0.717) is 27.8 Å². The van der Waals surface area contributed by atoms with Crippen molar-refractivity contribution < 1.29 is 14.3 Å². The monoisotopic (exact) mass is 382 g/mol. The molecule has 2 N–H and O–H groups in total. The van der Waals surface area contributed by atoms with Gasteiger partial charge < -0.3 is 20.1 Å². The summed E-state index contributed by atoms with van der Waals surface area (Å²) >= 11 is 6.14. The Labute approximate surface area is 162 Å². The summed E-state index contributed by atoms with van der Waals surface area (Å²) in [5.41, 5.74) is 2.94. The van der Waals surface area contributed by atoms with Crippen LogP contribution >= 0.6 is 11.6 Å². The molecule has 0 atom stereocenters. The normalized spacial score (nSPS) is 10.2. The largest absolute Gasteiger partial charge is 0.497 e. The summed E-state index contributed by atoms with van der Waals surface area (Å²) in [6.45, 7) is 0. The molecule has 0 aliphatic rings. The molecule has 0 bridgehead atoms. The van der Waals surface area contributed by atoms with Gasteiger partial charge in [-0.25, -0.2) is 0 Å². The van der Waals surface area contributed by atoms with Crippen molar-refractivity contribution in [2.24, 2.45) is 0 Å². The van der Waals surface area contributed by atoms with E-state index in [0.717, 1.165) is 11.4 Å². The summed E-state index contributed by atoms with van der Waals surface area (Å²) in [6, 6.07) is 19.9. The Bertz CT molecular complexity index is 942. The zero-order valence-corrected chi connectivity index (χ0v) is 15.7. The van der Waals surface area contributed by atoms with Crippen LogP contribution in [0.4, 0.5) is 17.1 Å². The Morgan fingerprint density at radius 3 is 2.22 bits per heavy atom. The number of benzene rings is 3. The van der Waals surface area contributed by atoms with Crippen molar-refractivity contribution in [3.63, 3.8) is 0 Å². The van der Waals surface area contributed by atoms with Crippen LogP contribution < -0.4 is 20.1 Å². The third kappa shape index (κ3) is 4.71. The lowest BCUT2D eigenvalue weighted by Gasteiger charge is -2.10. The van der Waals surface area contributed by atoms with Gasteiger partial charge in [-0.05, 0) is 60.7 Å². The van der Waals surface area contributed by atoms with Gasteiger partial charge in [0.05, 0.1) is 19.2 Å². The minimum absolute atomic E-state index is 0.198. The Balaban J connectivity index is 1.66. The quantitative estimate of drug-likeness (QED) is 0.603. The van der Waals surface area contributed by atoms with E-state index in [2.05, 4.69) is 10.6 Å². The average molecular weight is 383 g/mol. The van der Waals surface area contributed by atoms with Gasteiger partial charge in [-0.3, -0.25) is 4.79 Å². The molecule has 3 aromatic carbocycles. The number of ether oxygens (including phenoxy) is 2. The van der Waals surface area contributed by atoms with Gasteiger partial charge in [-0.15, -0.1) is 0 Å². The second-order valence-corrected chi connectivity index (χ2v) is 6.14. The second kappa shape index (κ2) is 8.47. The van der Waals surface area contributed by atoms with E-state index in [1.165, 1.54) is 0 Å². The molecule has 5 nitrogen and oxygen atoms in total. The summed E-state index contributed by atoms with van der Waals surface area (Å²) in [7, 11) is 3.14. The summed E-state index contributed by atoms with van der Waals surface area (Å²) in [5.74, 6) is 1.06. The fourth-order valence-corrected chi connectivity index (χ4v) is 2.77. The summed E-state index contributed by atoms with van der Waals surface area (Å²) in [4.78, 5) is 12.3. The highest BCUT2D eigenvalue weighted by Gasteiger charge is 2.07. The number of amides is 1. The van der Waals surface area contributed by atoms with Crippen LogP contribution in [0.3, 0.4) is 0 Å². The van der Waals surface area contributed by atoms with Gasteiger partial charge in [0.1, 0.15) is 11.5 Å². The first-order valence-corrected chi connectivity index (χ1v) is 8.63. The molecule has 0 aliphatic carbocycles. The molecule has 0 saturated heterocycles. The number of rotatable bonds is 6. The van der Waals surface area contributed by atoms with Crippen molar-refractivity contribution >= 4 is 34.6 Å². The number of hydrogen-bond acceptors (Lipinski definition) is 4. The zero-order valence-electron chi connectivity index (χ0n) is 15.0. The van der Waals surface area contributed by atoms with Crippen LogP contribution in [0.5, 0.6) is 11.5 Å². The van der Waals surface area contributed by atoms with E-state index in [9.17, 15) is 4.79 Å². The van der Waals surface area contributed by atoms with Crippen molar-refractivity contribution in [1.29, 1.82) is 0 Å². The lowest BCUT2D eigenvalue weighted by atomic mass is 10.2. The van der Waals surface area contributed by atoms with Crippen molar-refractivity contribution in [1.82, 2.24) is 0 Å². The first-order chi connectivity index (χ1) is 13.1. The number of nitrogens with one attached hydrogen (secondary N) is 2. The lowest BCUT2D eigenvalue weighted by molar-refractivity contribution is 0.102. The molecule has 1 amide bonds. The number of carbonyl (C=O) groups excluding carboxylic acids is 1. The van der Waals surface area contributed by atoms with Crippen molar-refractivity contribution in [3.8, 4) is 11.5 Å². The minimum Gasteiger partial charge on any atom is -0.497 e. The zero-order chi connectivity index (χ0) is 19.2.